The molecule has 0 saturated heterocycles. The Morgan fingerprint density at radius 3 is 2.32 bits per heavy atom. The minimum absolute atomic E-state index is 0.153. The summed E-state index contributed by atoms with van der Waals surface area (Å²) in [6, 6.07) is 15.0. The molecule has 1 aliphatic rings. The van der Waals surface area contributed by atoms with Crippen LogP contribution in [-0.4, -0.2) is 39.1 Å². The van der Waals surface area contributed by atoms with Crippen molar-refractivity contribution in [2.75, 3.05) is 5.32 Å². The van der Waals surface area contributed by atoms with Crippen molar-refractivity contribution in [3.8, 4) is 0 Å². The maximum absolute atomic E-state index is 12.8. The molecule has 0 radical (unpaired) electrons. The normalized spacial score (nSPS) is 13.0. The summed E-state index contributed by atoms with van der Waals surface area (Å²) in [7, 11) is 0. The second-order valence-electron chi connectivity index (χ2n) is 8.91. The molecule has 0 fully saturated rings. The first-order valence-electron chi connectivity index (χ1n) is 10.8. The fraction of sp³-hybridized carbons (Fsp3) is 0.192. The van der Waals surface area contributed by atoms with E-state index in [1.807, 2.05) is 6.07 Å². The van der Waals surface area contributed by atoms with E-state index < -0.39 is 17.4 Å². The average Bonchev–Trinajstić information content (AvgIpc) is 3.08. The molecule has 0 atom stereocenters. The summed E-state index contributed by atoms with van der Waals surface area (Å²) in [5, 5.41) is 5.65. The molecule has 1 aromatic heterocycles. The third-order valence-corrected chi connectivity index (χ3v) is 5.45. The minimum atomic E-state index is -0.667. The molecule has 3 aromatic rings. The zero-order chi connectivity index (χ0) is 24.5. The summed E-state index contributed by atoms with van der Waals surface area (Å²) >= 11 is 0. The molecule has 0 aliphatic carbocycles. The number of fused-ring (bicyclic) bond motifs is 1. The molecule has 2 aromatic carbocycles. The predicted octanol–water partition coefficient (Wildman–Crippen LogP) is 3.66. The maximum atomic E-state index is 12.8. The van der Waals surface area contributed by atoms with Crippen LogP contribution in [0.25, 0.3) is 0 Å². The third-order valence-electron chi connectivity index (χ3n) is 5.45. The van der Waals surface area contributed by atoms with Crippen molar-refractivity contribution >= 4 is 29.3 Å². The van der Waals surface area contributed by atoms with Gasteiger partial charge in [-0.3, -0.25) is 29.1 Å². The Balaban J connectivity index is 1.48. The molecule has 2 N–H and O–H groups in total. The third kappa shape index (κ3) is 4.43. The maximum Gasteiger partial charge on any atom is 0.262 e. The number of carbonyl (C=O) groups is 4. The average molecular weight is 457 g/mol. The number of hydrogen-bond acceptors (Lipinski definition) is 5. The number of nitrogens with one attached hydrogen (secondary N) is 2. The Bertz CT molecular complexity index is 1300. The van der Waals surface area contributed by atoms with Crippen LogP contribution in [0.15, 0.2) is 67.0 Å². The second kappa shape index (κ2) is 8.90. The van der Waals surface area contributed by atoms with Crippen molar-refractivity contribution in [2.24, 2.45) is 0 Å². The molecule has 0 unspecified atom stereocenters. The number of hydrogen-bond donors (Lipinski definition) is 2. The van der Waals surface area contributed by atoms with Gasteiger partial charge in [0.1, 0.15) is 0 Å². The summed E-state index contributed by atoms with van der Waals surface area (Å²) in [5.74, 6) is -1.48. The van der Waals surface area contributed by atoms with Gasteiger partial charge in [0.15, 0.2) is 0 Å². The van der Waals surface area contributed by atoms with E-state index >= 15 is 0 Å². The van der Waals surface area contributed by atoms with Gasteiger partial charge in [0.25, 0.3) is 23.6 Å². The summed E-state index contributed by atoms with van der Waals surface area (Å²) in [4.78, 5) is 55.9. The van der Waals surface area contributed by atoms with E-state index in [9.17, 15) is 19.2 Å². The molecule has 4 amide bonds. The van der Waals surface area contributed by atoms with Gasteiger partial charge in [0, 0.05) is 35.7 Å². The summed E-state index contributed by atoms with van der Waals surface area (Å²) < 4.78 is 0. The highest BCUT2D eigenvalue weighted by Crippen LogP contribution is 2.30. The fourth-order valence-corrected chi connectivity index (χ4v) is 3.76. The monoisotopic (exact) mass is 456 g/mol. The van der Waals surface area contributed by atoms with Crippen LogP contribution in [0.2, 0.25) is 0 Å². The molecule has 34 heavy (non-hydrogen) atoms. The first-order valence-corrected chi connectivity index (χ1v) is 10.8. The Morgan fingerprint density at radius 1 is 0.882 bits per heavy atom. The number of nitrogens with zero attached hydrogens (tertiary/aromatic N) is 2. The quantitative estimate of drug-likeness (QED) is 0.570. The summed E-state index contributed by atoms with van der Waals surface area (Å²) in [5.41, 5.74) is 1.80. The van der Waals surface area contributed by atoms with Crippen molar-refractivity contribution in [3.63, 3.8) is 0 Å². The SMILES string of the molecule is CC(C)(C)N1C(=O)c2ccc(C(=O)NCc3ccccc3NC(=O)c3cccnc3)cc2C1=O. The largest absolute Gasteiger partial charge is 0.348 e. The van der Waals surface area contributed by atoms with E-state index in [0.29, 0.717) is 22.4 Å². The van der Waals surface area contributed by atoms with Crippen molar-refractivity contribution in [1.82, 2.24) is 15.2 Å². The van der Waals surface area contributed by atoms with E-state index in [4.69, 9.17) is 0 Å². The standard InChI is InChI=1S/C26H24N4O4/c1-26(2,3)30-24(33)19-11-10-16(13-20(19)25(30)34)22(31)28-15-17-7-4-5-9-21(17)29-23(32)18-8-6-12-27-14-18/h4-14H,15H2,1-3H3,(H,28,31)(H,29,32). The number of anilines is 1. The zero-order valence-electron chi connectivity index (χ0n) is 19.1. The molecule has 0 bridgehead atoms. The van der Waals surface area contributed by atoms with Crippen molar-refractivity contribution in [2.45, 2.75) is 32.9 Å². The molecule has 8 heteroatoms. The van der Waals surface area contributed by atoms with Crippen LogP contribution in [0.3, 0.4) is 0 Å². The Labute approximate surface area is 197 Å². The van der Waals surface area contributed by atoms with E-state index in [-0.39, 0.29) is 29.5 Å². The number of rotatable bonds is 5. The van der Waals surface area contributed by atoms with Gasteiger partial charge in [-0.25, -0.2) is 0 Å². The van der Waals surface area contributed by atoms with Gasteiger partial charge in [-0.15, -0.1) is 0 Å². The summed E-state index contributed by atoms with van der Waals surface area (Å²) in [6.07, 6.45) is 3.06. The van der Waals surface area contributed by atoms with Crippen LogP contribution in [0.4, 0.5) is 5.69 Å². The number of carbonyl (C=O) groups excluding carboxylic acids is 4. The van der Waals surface area contributed by atoms with Crippen LogP contribution < -0.4 is 10.6 Å². The van der Waals surface area contributed by atoms with Crippen LogP contribution in [0, 0.1) is 0 Å². The number of para-hydroxylation sites is 1. The molecular weight excluding hydrogens is 432 g/mol. The lowest BCUT2D eigenvalue weighted by Gasteiger charge is -2.29. The zero-order valence-corrected chi connectivity index (χ0v) is 19.1. The lowest BCUT2D eigenvalue weighted by atomic mass is 10.1. The molecule has 1 aliphatic heterocycles. The first-order chi connectivity index (χ1) is 16.2. The number of pyridine rings is 1. The Morgan fingerprint density at radius 2 is 1.62 bits per heavy atom. The molecule has 8 nitrogen and oxygen atoms in total. The van der Waals surface area contributed by atoms with E-state index in [1.165, 1.54) is 29.3 Å². The molecule has 172 valence electrons. The van der Waals surface area contributed by atoms with Crippen LogP contribution in [-0.2, 0) is 6.54 Å². The van der Waals surface area contributed by atoms with Crippen molar-refractivity contribution < 1.29 is 19.2 Å². The molecule has 0 spiro atoms. The molecule has 2 heterocycles. The highest BCUT2D eigenvalue weighted by atomic mass is 16.2. The van der Waals surface area contributed by atoms with Crippen molar-refractivity contribution in [1.29, 1.82) is 0 Å². The fourth-order valence-electron chi connectivity index (χ4n) is 3.76. The second-order valence-corrected chi connectivity index (χ2v) is 8.91. The molecule has 0 saturated carbocycles. The van der Waals surface area contributed by atoms with Crippen LogP contribution in [0.5, 0.6) is 0 Å². The predicted molar refractivity (Wildman–Crippen MR) is 126 cm³/mol. The van der Waals surface area contributed by atoms with Gasteiger partial charge in [0.05, 0.1) is 16.7 Å². The van der Waals surface area contributed by atoms with Gasteiger partial charge in [-0.05, 0) is 62.7 Å². The number of amides is 4. The molecule has 4 rings (SSSR count). The number of imide groups is 1. The van der Waals surface area contributed by atoms with E-state index in [0.717, 1.165) is 0 Å². The lowest BCUT2D eigenvalue weighted by molar-refractivity contribution is 0.0507. The van der Waals surface area contributed by atoms with Crippen LogP contribution in [0.1, 0.15) is 67.8 Å². The van der Waals surface area contributed by atoms with E-state index in [2.05, 4.69) is 15.6 Å². The lowest BCUT2D eigenvalue weighted by Crippen LogP contribution is -2.45. The van der Waals surface area contributed by atoms with Gasteiger partial charge < -0.3 is 10.6 Å². The highest BCUT2D eigenvalue weighted by molar-refractivity contribution is 6.22. The molecular formula is C26H24N4O4. The van der Waals surface area contributed by atoms with Gasteiger partial charge in [-0.1, -0.05) is 18.2 Å². The van der Waals surface area contributed by atoms with Gasteiger partial charge in [-0.2, -0.15) is 0 Å². The Hall–Kier alpha value is -4.33. The number of benzene rings is 2. The Kier molecular flexibility index (Phi) is 5.98. The van der Waals surface area contributed by atoms with Crippen molar-refractivity contribution in [3.05, 3.63) is 94.8 Å². The summed E-state index contributed by atoms with van der Waals surface area (Å²) in [6.45, 7) is 5.51. The van der Waals surface area contributed by atoms with E-state index in [1.54, 1.807) is 57.3 Å². The van der Waals surface area contributed by atoms with Gasteiger partial charge >= 0.3 is 0 Å². The minimum Gasteiger partial charge on any atom is -0.348 e. The smallest absolute Gasteiger partial charge is 0.262 e. The topological polar surface area (TPSA) is 108 Å². The number of aromatic nitrogens is 1. The van der Waals surface area contributed by atoms with Crippen LogP contribution >= 0.6 is 0 Å². The first kappa shape index (κ1) is 22.8. The van der Waals surface area contributed by atoms with Gasteiger partial charge in [0.2, 0.25) is 0 Å². The highest BCUT2D eigenvalue weighted by Gasteiger charge is 2.42.